The van der Waals surface area contributed by atoms with Gasteiger partial charge in [0.05, 0.1) is 31.6 Å². The van der Waals surface area contributed by atoms with Crippen LogP contribution in [0, 0.1) is 6.92 Å². The third-order valence-electron chi connectivity index (χ3n) is 4.75. The molecule has 2 aromatic carbocycles. The fraction of sp³-hybridized carbons (Fsp3) is 0.304. The van der Waals surface area contributed by atoms with Gasteiger partial charge in [-0.05, 0) is 62.2 Å². The van der Waals surface area contributed by atoms with E-state index in [1.54, 1.807) is 23.8 Å². The van der Waals surface area contributed by atoms with Crippen molar-refractivity contribution in [1.82, 2.24) is 4.57 Å². The van der Waals surface area contributed by atoms with E-state index in [2.05, 4.69) is 0 Å². The Balaban J connectivity index is 2.04. The highest BCUT2D eigenvalue weighted by atomic mass is 35.5. The zero-order chi connectivity index (χ0) is 21.1. The first-order chi connectivity index (χ1) is 13.8. The molecule has 0 saturated heterocycles. The Morgan fingerprint density at radius 2 is 1.76 bits per heavy atom. The predicted molar refractivity (Wildman–Crippen MR) is 114 cm³/mol. The molecule has 0 spiro atoms. The van der Waals surface area contributed by atoms with Gasteiger partial charge in [0.25, 0.3) is 0 Å². The second-order valence-electron chi connectivity index (χ2n) is 7.19. The van der Waals surface area contributed by atoms with Crippen LogP contribution in [0.2, 0.25) is 5.02 Å². The fourth-order valence-electron chi connectivity index (χ4n) is 3.44. The minimum Gasteiger partial charge on any atom is -0.497 e. The topological polar surface area (TPSA) is 57.5 Å². The van der Waals surface area contributed by atoms with E-state index in [-0.39, 0.29) is 30.8 Å². The molecule has 0 aliphatic rings. The summed E-state index contributed by atoms with van der Waals surface area (Å²) in [6, 6.07) is 12.7. The summed E-state index contributed by atoms with van der Waals surface area (Å²) in [4.78, 5) is 25.5. The Morgan fingerprint density at radius 1 is 1.07 bits per heavy atom. The predicted octanol–water partition coefficient (Wildman–Crippen LogP) is 4.99. The van der Waals surface area contributed by atoms with Crippen molar-refractivity contribution in [3.05, 3.63) is 64.3 Å². The molecule has 0 unspecified atom stereocenters. The smallest absolute Gasteiger partial charge is 0.310 e. The van der Waals surface area contributed by atoms with Gasteiger partial charge in [0.2, 0.25) is 5.91 Å². The summed E-state index contributed by atoms with van der Waals surface area (Å²) < 4.78 is 12.3. The molecule has 1 aromatic heterocycles. The van der Waals surface area contributed by atoms with E-state index in [0.717, 1.165) is 27.7 Å². The Bertz CT molecular complexity index is 1050. The average molecular weight is 414 g/mol. The van der Waals surface area contributed by atoms with E-state index >= 15 is 0 Å². The summed E-state index contributed by atoms with van der Waals surface area (Å²) in [5, 5.41) is 1.44. The number of halogens is 1. The van der Waals surface area contributed by atoms with E-state index in [1.807, 2.05) is 51.1 Å². The number of benzene rings is 2. The number of aromatic nitrogens is 1. The summed E-state index contributed by atoms with van der Waals surface area (Å²) in [7, 11) is 1.59. The largest absolute Gasteiger partial charge is 0.497 e. The van der Waals surface area contributed by atoms with Crippen LogP contribution in [0.15, 0.2) is 42.5 Å². The normalized spacial score (nSPS) is 11.1. The monoisotopic (exact) mass is 413 g/mol. The van der Waals surface area contributed by atoms with Gasteiger partial charge in [-0.1, -0.05) is 23.7 Å². The molecule has 0 fully saturated rings. The van der Waals surface area contributed by atoms with Crippen molar-refractivity contribution in [3.63, 3.8) is 0 Å². The molecule has 1 heterocycles. The van der Waals surface area contributed by atoms with Crippen molar-refractivity contribution >= 4 is 34.4 Å². The number of rotatable bonds is 6. The first-order valence-electron chi connectivity index (χ1n) is 9.45. The number of hydrogen-bond acceptors (Lipinski definition) is 4. The highest BCUT2D eigenvalue weighted by Crippen LogP contribution is 2.30. The van der Waals surface area contributed by atoms with Gasteiger partial charge in [-0.3, -0.25) is 14.2 Å². The van der Waals surface area contributed by atoms with Crippen LogP contribution >= 0.6 is 11.6 Å². The van der Waals surface area contributed by atoms with E-state index in [0.29, 0.717) is 10.8 Å². The van der Waals surface area contributed by atoms with Crippen molar-refractivity contribution in [1.29, 1.82) is 0 Å². The molecule has 0 amide bonds. The lowest BCUT2D eigenvalue weighted by atomic mass is 10.1. The highest BCUT2D eigenvalue weighted by Gasteiger charge is 2.22. The number of carbonyl (C=O) groups is 2. The summed E-state index contributed by atoms with van der Waals surface area (Å²) in [5.74, 6) is 0.261. The molecule has 0 atom stereocenters. The van der Waals surface area contributed by atoms with Crippen molar-refractivity contribution in [2.45, 2.75) is 39.7 Å². The van der Waals surface area contributed by atoms with Gasteiger partial charge in [0.15, 0.2) is 0 Å². The fourth-order valence-corrected chi connectivity index (χ4v) is 3.56. The molecule has 0 aliphatic carbocycles. The molecule has 0 aliphatic heterocycles. The Hall–Kier alpha value is -2.79. The maximum absolute atomic E-state index is 13.1. The SMILES string of the molecule is COc1ccc2c(c1)c(CC(=O)OC(C)C)c(C)n2C(=O)Cc1ccc(Cl)cc1. The van der Waals surface area contributed by atoms with Gasteiger partial charge < -0.3 is 9.47 Å². The van der Waals surface area contributed by atoms with Gasteiger partial charge in [-0.15, -0.1) is 0 Å². The quantitative estimate of drug-likeness (QED) is 0.534. The Morgan fingerprint density at radius 3 is 2.38 bits per heavy atom. The lowest BCUT2D eigenvalue weighted by Crippen LogP contribution is -2.17. The second kappa shape index (κ2) is 8.70. The Labute approximate surface area is 175 Å². The van der Waals surface area contributed by atoms with E-state index in [4.69, 9.17) is 21.1 Å². The first-order valence-corrected chi connectivity index (χ1v) is 9.83. The van der Waals surface area contributed by atoms with Gasteiger partial charge >= 0.3 is 5.97 Å². The van der Waals surface area contributed by atoms with Gasteiger partial charge in [-0.2, -0.15) is 0 Å². The minimum atomic E-state index is -0.324. The number of hydrogen-bond donors (Lipinski definition) is 0. The maximum atomic E-state index is 13.1. The molecular weight excluding hydrogens is 390 g/mol. The maximum Gasteiger partial charge on any atom is 0.310 e. The molecule has 6 heteroatoms. The van der Waals surface area contributed by atoms with Crippen molar-refractivity contribution in [2.24, 2.45) is 0 Å². The van der Waals surface area contributed by atoms with Crippen LogP contribution in [0.3, 0.4) is 0 Å². The third-order valence-corrected chi connectivity index (χ3v) is 5.00. The van der Waals surface area contributed by atoms with Crippen molar-refractivity contribution in [3.8, 4) is 5.75 Å². The van der Waals surface area contributed by atoms with Crippen LogP contribution in [0.5, 0.6) is 5.75 Å². The number of fused-ring (bicyclic) bond motifs is 1. The molecular formula is C23H24ClNO4. The van der Waals surface area contributed by atoms with Crippen molar-refractivity contribution in [2.75, 3.05) is 7.11 Å². The third kappa shape index (κ3) is 4.62. The zero-order valence-corrected chi connectivity index (χ0v) is 17.7. The summed E-state index contributed by atoms with van der Waals surface area (Å²) in [6.45, 7) is 5.48. The van der Waals surface area contributed by atoms with E-state index < -0.39 is 0 Å². The molecule has 5 nitrogen and oxygen atoms in total. The molecule has 3 aromatic rings. The summed E-state index contributed by atoms with van der Waals surface area (Å²) in [6.07, 6.45) is 0.121. The summed E-state index contributed by atoms with van der Waals surface area (Å²) in [5.41, 5.74) is 3.12. The number of nitrogens with zero attached hydrogens (tertiary/aromatic N) is 1. The van der Waals surface area contributed by atoms with E-state index in [1.165, 1.54) is 0 Å². The first kappa shape index (κ1) is 20.9. The molecule has 0 N–H and O–H groups in total. The van der Waals surface area contributed by atoms with Crippen LogP contribution in [0.25, 0.3) is 10.9 Å². The number of carbonyl (C=O) groups excluding carboxylic acids is 2. The number of esters is 1. The Kier molecular flexibility index (Phi) is 6.28. The average Bonchev–Trinajstić information content (AvgIpc) is 2.94. The lowest BCUT2D eigenvalue weighted by Gasteiger charge is -2.09. The molecule has 29 heavy (non-hydrogen) atoms. The highest BCUT2D eigenvalue weighted by molar-refractivity contribution is 6.30. The van der Waals surface area contributed by atoms with Crippen molar-refractivity contribution < 1.29 is 19.1 Å². The minimum absolute atomic E-state index is 0.0801. The standard InChI is InChI=1S/C23H24ClNO4/c1-14(2)29-23(27)13-19-15(3)25(21-10-9-18(28-4)12-20(19)21)22(26)11-16-5-7-17(24)8-6-16/h5-10,12,14H,11,13H2,1-4H3. The number of ether oxygens (including phenoxy) is 2. The van der Waals surface area contributed by atoms with E-state index in [9.17, 15) is 9.59 Å². The molecule has 0 saturated carbocycles. The molecule has 0 bridgehead atoms. The zero-order valence-electron chi connectivity index (χ0n) is 17.0. The molecule has 0 radical (unpaired) electrons. The summed E-state index contributed by atoms with van der Waals surface area (Å²) >= 11 is 5.94. The van der Waals surface area contributed by atoms with Gasteiger partial charge in [0, 0.05) is 16.1 Å². The van der Waals surface area contributed by atoms with Crippen LogP contribution < -0.4 is 4.74 Å². The second-order valence-corrected chi connectivity index (χ2v) is 7.63. The van der Waals surface area contributed by atoms with Crippen LogP contribution in [0.4, 0.5) is 0 Å². The van der Waals surface area contributed by atoms with Crippen LogP contribution in [0.1, 0.15) is 35.5 Å². The van der Waals surface area contributed by atoms with Gasteiger partial charge in [0.1, 0.15) is 5.75 Å². The molecule has 3 rings (SSSR count). The van der Waals surface area contributed by atoms with Crippen LogP contribution in [-0.2, 0) is 22.4 Å². The van der Waals surface area contributed by atoms with Crippen LogP contribution in [-0.4, -0.2) is 29.7 Å². The lowest BCUT2D eigenvalue weighted by molar-refractivity contribution is -0.146. The number of methoxy groups -OCH3 is 1. The van der Waals surface area contributed by atoms with Gasteiger partial charge in [-0.25, -0.2) is 0 Å². The molecule has 152 valence electrons.